The zero-order chi connectivity index (χ0) is 18.6. The fourth-order valence-corrected chi connectivity index (χ4v) is 3.35. The van der Waals surface area contributed by atoms with E-state index in [0.29, 0.717) is 28.7 Å². The van der Waals surface area contributed by atoms with Crippen LogP contribution in [0.3, 0.4) is 0 Å². The van der Waals surface area contributed by atoms with Crippen molar-refractivity contribution in [2.45, 2.75) is 25.7 Å². The predicted molar refractivity (Wildman–Crippen MR) is 101 cm³/mol. The third-order valence-electron chi connectivity index (χ3n) is 3.50. The third kappa shape index (κ3) is 5.21. The summed E-state index contributed by atoms with van der Waals surface area (Å²) in [5, 5.41) is 3.24. The molecule has 0 bridgehead atoms. The smallest absolute Gasteiger partial charge is 0.261 e. The number of benzene rings is 2. The number of rotatable bonds is 6. The molecule has 0 radical (unpaired) electrons. The molecule has 0 fully saturated rings. The Balaban J connectivity index is 2.23. The van der Waals surface area contributed by atoms with Crippen molar-refractivity contribution < 1.29 is 13.2 Å². The van der Waals surface area contributed by atoms with Crippen LogP contribution in [-0.2, 0) is 10.0 Å². The van der Waals surface area contributed by atoms with Gasteiger partial charge in [-0.15, -0.1) is 0 Å². The van der Waals surface area contributed by atoms with Crippen LogP contribution in [-0.4, -0.2) is 20.9 Å². The Kier molecular flexibility index (Phi) is 6.08. The van der Waals surface area contributed by atoms with E-state index >= 15 is 0 Å². The van der Waals surface area contributed by atoms with Gasteiger partial charge in [0.25, 0.3) is 15.9 Å². The number of sulfonamides is 1. The summed E-state index contributed by atoms with van der Waals surface area (Å²) in [7, 11) is -3.82. The van der Waals surface area contributed by atoms with Gasteiger partial charge in [0.15, 0.2) is 0 Å². The Labute approximate surface area is 153 Å². The molecule has 2 N–H and O–H groups in total. The van der Waals surface area contributed by atoms with Gasteiger partial charge in [-0.1, -0.05) is 37.6 Å². The highest BCUT2D eigenvalue weighted by Crippen LogP contribution is 2.23. The Morgan fingerprint density at radius 3 is 2.52 bits per heavy atom. The highest BCUT2D eigenvalue weighted by atomic mass is 35.5. The molecule has 5 nitrogen and oxygen atoms in total. The number of amides is 1. The molecule has 0 unspecified atom stereocenters. The number of halogens is 1. The van der Waals surface area contributed by atoms with E-state index in [0.717, 1.165) is 5.56 Å². The summed E-state index contributed by atoms with van der Waals surface area (Å²) in [5.74, 6) is 0.00736. The van der Waals surface area contributed by atoms with Crippen molar-refractivity contribution in [2.75, 3.05) is 11.3 Å². The molecule has 2 aromatic rings. The topological polar surface area (TPSA) is 75.3 Å². The number of carbonyl (C=O) groups excluding carboxylic acids is 1. The average molecular weight is 381 g/mol. The Morgan fingerprint density at radius 2 is 1.88 bits per heavy atom. The first-order valence-corrected chi connectivity index (χ1v) is 9.72. The minimum Gasteiger partial charge on any atom is -0.352 e. The first-order chi connectivity index (χ1) is 11.7. The lowest BCUT2D eigenvalue weighted by Crippen LogP contribution is -2.27. The van der Waals surface area contributed by atoms with E-state index in [1.807, 2.05) is 20.8 Å². The van der Waals surface area contributed by atoms with Crippen LogP contribution in [0.5, 0.6) is 0 Å². The molecule has 25 heavy (non-hydrogen) atoms. The molecule has 2 aromatic carbocycles. The summed E-state index contributed by atoms with van der Waals surface area (Å²) in [4.78, 5) is 12.1. The number of nitrogens with one attached hydrogen (secondary N) is 2. The standard InChI is InChI=1S/C18H21ClN2O3S/c1-12(2)11-20-18(22)14-5-4-6-16(9-14)25(23,24)21-15-8-7-13(3)17(19)10-15/h4-10,12,21H,11H2,1-3H3,(H,20,22). The van der Waals surface area contributed by atoms with E-state index < -0.39 is 10.0 Å². The van der Waals surface area contributed by atoms with Crippen LogP contribution in [0.15, 0.2) is 47.4 Å². The molecule has 134 valence electrons. The second-order valence-electron chi connectivity index (χ2n) is 6.20. The maximum Gasteiger partial charge on any atom is 0.261 e. The third-order valence-corrected chi connectivity index (χ3v) is 5.29. The van der Waals surface area contributed by atoms with Crippen molar-refractivity contribution in [2.24, 2.45) is 5.92 Å². The zero-order valence-corrected chi connectivity index (χ0v) is 15.9. The van der Waals surface area contributed by atoms with E-state index in [1.165, 1.54) is 12.1 Å². The van der Waals surface area contributed by atoms with Gasteiger partial charge in [-0.25, -0.2) is 8.42 Å². The van der Waals surface area contributed by atoms with Gasteiger partial charge in [0.2, 0.25) is 0 Å². The molecule has 0 saturated carbocycles. The van der Waals surface area contributed by atoms with Crippen molar-refractivity contribution in [3.63, 3.8) is 0 Å². The van der Waals surface area contributed by atoms with Crippen LogP contribution in [0.25, 0.3) is 0 Å². The molecule has 0 aliphatic rings. The molecule has 0 saturated heterocycles. The van der Waals surface area contributed by atoms with E-state index in [9.17, 15) is 13.2 Å². The van der Waals surface area contributed by atoms with E-state index in [4.69, 9.17) is 11.6 Å². The van der Waals surface area contributed by atoms with Crippen molar-refractivity contribution in [3.8, 4) is 0 Å². The van der Waals surface area contributed by atoms with E-state index in [2.05, 4.69) is 10.0 Å². The van der Waals surface area contributed by atoms with Crippen LogP contribution >= 0.6 is 11.6 Å². The van der Waals surface area contributed by atoms with Gasteiger partial charge in [0, 0.05) is 17.1 Å². The molecule has 0 aliphatic heterocycles. The number of hydrogen-bond acceptors (Lipinski definition) is 3. The molecule has 0 aromatic heterocycles. The monoisotopic (exact) mass is 380 g/mol. The zero-order valence-electron chi connectivity index (χ0n) is 14.3. The van der Waals surface area contributed by atoms with Crippen molar-refractivity contribution in [3.05, 3.63) is 58.6 Å². The first-order valence-electron chi connectivity index (χ1n) is 7.86. The molecule has 7 heteroatoms. The maximum absolute atomic E-state index is 12.6. The maximum atomic E-state index is 12.6. The minimum atomic E-state index is -3.82. The van der Waals surface area contributed by atoms with Gasteiger partial charge in [-0.05, 0) is 48.7 Å². The number of aryl methyl sites for hydroxylation is 1. The lowest BCUT2D eigenvalue weighted by molar-refractivity contribution is 0.0949. The largest absolute Gasteiger partial charge is 0.352 e. The van der Waals surface area contributed by atoms with E-state index in [-0.39, 0.29) is 10.8 Å². The summed E-state index contributed by atoms with van der Waals surface area (Å²) in [6, 6.07) is 10.8. The highest BCUT2D eigenvalue weighted by Gasteiger charge is 2.17. The van der Waals surface area contributed by atoms with Crippen LogP contribution < -0.4 is 10.0 Å². The van der Waals surface area contributed by atoms with Crippen LogP contribution in [0, 0.1) is 12.8 Å². The van der Waals surface area contributed by atoms with Crippen LogP contribution in [0.4, 0.5) is 5.69 Å². The Morgan fingerprint density at radius 1 is 1.16 bits per heavy atom. The lowest BCUT2D eigenvalue weighted by Gasteiger charge is -2.11. The lowest BCUT2D eigenvalue weighted by atomic mass is 10.2. The molecule has 0 atom stereocenters. The highest BCUT2D eigenvalue weighted by molar-refractivity contribution is 7.92. The Hall–Kier alpha value is -2.05. The normalized spacial score (nSPS) is 11.4. The predicted octanol–water partition coefficient (Wildman–Crippen LogP) is 3.84. The summed E-state index contributed by atoms with van der Waals surface area (Å²) in [6.07, 6.45) is 0. The van der Waals surface area contributed by atoms with Crippen molar-refractivity contribution >= 4 is 33.2 Å². The summed E-state index contributed by atoms with van der Waals surface area (Å²) in [5.41, 5.74) is 1.52. The fraction of sp³-hybridized carbons (Fsp3) is 0.278. The number of anilines is 1. The SMILES string of the molecule is Cc1ccc(NS(=O)(=O)c2cccc(C(=O)NCC(C)C)c2)cc1Cl. The van der Waals surface area contributed by atoms with Gasteiger partial charge in [0.05, 0.1) is 10.6 Å². The van der Waals surface area contributed by atoms with Crippen molar-refractivity contribution in [1.29, 1.82) is 0 Å². The number of hydrogen-bond donors (Lipinski definition) is 2. The summed E-state index contributed by atoms with van der Waals surface area (Å²) < 4.78 is 27.6. The Bertz CT molecular complexity index is 880. The molecular formula is C18H21ClN2O3S. The van der Waals surface area contributed by atoms with Gasteiger partial charge in [-0.3, -0.25) is 9.52 Å². The first kappa shape index (κ1) is 19.3. The molecule has 0 aliphatic carbocycles. The fourth-order valence-electron chi connectivity index (χ4n) is 2.07. The number of carbonyl (C=O) groups is 1. The van der Waals surface area contributed by atoms with Gasteiger partial charge in [-0.2, -0.15) is 0 Å². The van der Waals surface area contributed by atoms with Gasteiger partial charge >= 0.3 is 0 Å². The second kappa shape index (κ2) is 7.89. The quantitative estimate of drug-likeness (QED) is 0.799. The van der Waals surface area contributed by atoms with Gasteiger partial charge in [0.1, 0.15) is 0 Å². The second-order valence-corrected chi connectivity index (χ2v) is 8.29. The van der Waals surface area contributed by atoms with Crippen LogP contribution in [0.1, 0.15) is 29.8 Å². The molecule has 0 heterocycles. The average Bonchev–Trinajstić information content (AvgIpc) is 2.56. The molecule has 0 spiro atoms. The van der Waals surface area contributed by atoms with Gasteiger partial charge < -0.3 is 5.32 Å². The van der Waals surface area contributed by atoms with Crippen LogP contribution in [0.2, 0.25) is 5.02 Å². The summed E-state index contributed by atoms with van der Waals surface area (Å²) in [6.45, 7) is 6.32. The minimum absolute atomic E-state index is 0.0152. The molecule has 2 rings (SSSR count). The van der Waals surface area contributed by atoms with E-state index in [1.54, 1.807) is 30.3 Å². The summed E-state index contributed by atoms with van der Waals surface area (Å²) >= 11 is 6.03. The molecule has 1 amide bonds. The molecular weight excluding hydrogens is 360 g/mol. The van der Waals surface area contributed by atoms with Crippen molar-refractivity contribution in [1.82, 2.24) is 5.32 Å².